The lowest BCUT2D eigenvalue weighted by Gasteiger charge is -2.10. The van der Waals surface area contributed by atoms with Crippen molar-refractivity contribution >= 4 is 35.1 Å². The van der Waals surface area contributed by atoms with E-state index < -0.39 is 0 Å². The van der Waals surface area contributed by atoms with Crippen molar-refractivity contribution < 1.29 is 14.3 Å². The lowest BCUT2D eigenvalue weighted by atomic mass is 10.0. The summed E-state index contributed by atoms with van der Waals surface area (Å²) in [4.78, 5) is 12.7. The Balaban J connectivity index is 1.51. The van der Waals surface area contributed by atoms with E-state index in [0.29, 0.717) is 44.3 Å². The molecule has 0 unspecified atom stereocenters. The average molecular weight is 439 g/mol. The highest BCUT2D eigenvalue weighted by molar-refractivity contribution is 6.35. The molecule has 1 aliphatic rings. The summed E-state index contributed by atoms with van der Waals surface area (Å²) in [6, 6.07) is 18.6. The first kappa shape index (κ1) is 20.5. The number of benzene rings is 3. The second-order valence-electron chi connectivity index (χ2n) is 7.41. The highest BCUT2D eigenvalue weighted by Gasteiger charge is 2.27. The fourth-order valence-electron chi connectivity index (χ4n) is 3.21. The molecule has 4 rings (SSSR count). The summed E-state index contributed by atoms with van der Waals surface area (Å²) in [5.74, 6) is 1.67. The molecule has 0 atom stereocenters. The number of ketones is 1. The zero-order chi connectivity index (χ0) is 21.3. The lowest BCUT2D eigenvalue weighted by molar-refractivity contribution is 0.101. The van der Waals surface area contributed by atoms with Crippen LogP contribution in [-0.2, 0) is 6.61 Å². The van der Waals surface area contributed by atoms with Crippen LogP contribution in [0, 0.1) is 0 Å². The topological polar surface area (TPSA) is 35.5 Å². The third kappa shape index (κ3) is 4.23. The molecule has 5 heteroatoms. The summed E-state index contributed by atoms with van der Waals surface area (Å²) < 4.78 is 11.6. The van der Waals surface area contributed by atoms with Gasteiger partial charge in [0.15, 0.2) is 5.76 Å². The van der Waals surface area contributed by atoms with Crippen LogP contribution in [0.15, 0.2) is 66.4 Å². The maximum Gasteiger partial charge on any atom is 0.231 e. The van der Waals surface area contributed by atoms with Crippen molar-refractivity contribution in [3.8, 4) is 11.5 Å². The molecule has 152 valence electrons. The van der Waals surface area contributed by atoms with Gasteiger partial charge < -0.3 is 9.47 Å². The number of ether oxygens (including phenoxy) is 2. The molecular weight excluding hydrogens is 419 g/mol. The summed E-state index contributed by atoms with van der Waals surface area (Å²) in [7, 11) is 0. The minimum Gasteiger partial charge on any atom is -0.489 e. The Morgan fingerprint density at radius 3 is 2.37 bits per heavy atom. The summed E-state index contributed by atoms with van der Waals surface area (Å²) in [6.07, 6.45) is 1.76. The highest BCUT2D eigenvalue weighted by Crippen LogP contribution is 2.35. The lowest BCUT2D eigenvalue weighted by Crippen LogP contribution is -1.98. The smallest absolute Gasteiger partial charge is 0.231 e. The van der Waals surface area contributed by atoms with Crippen molar-refractivity contribution in [2.24, 2.45) is 0 Å². The standard InChI is InChI=1S/C25H20Cl2O3/c1-15(2)17-8-6-16(7-9-17)12-24-25(28)19-11-10-18(13-23(19)30-24)29-14-20-21(26)4-3-5-22(20)27/h3-13,15H,14H2,1-2H3. The summed E-state index contributed by atoms with van der Waals surface area (Å²) >= 11 is 12.4. The Kier molecular flexibility index (Phi) is 5.85. The molecule has 0 radical (unpaired) electrons. The molecule has 3 aromatic carbocycles. The summed E-state index contributed by atoms with van der Waals surface area (Å²) in [6.45, 7) is 4.51. The maximum absolute atomic E-state index is 12.7. The van der Waals surface area contributed by atoms with E-state index in [1.54, 1.807) is 42.5 Å². The molecule has 0 fully saturated rings. The maximum atomic E-state index is 12.7. The molecule has 0 N–H and O–H groups in total. The van der Waals surface area contributed by atoms with Crippen LogP contribution in [0.5, 0.6) is 11.5 Å². The van der Waals surface area contributed by atoms with Crippen molar-refractivity contribution in [1.29, 1.82) is 0 Å². The van der Waals surface area contributed by atoms with Gasteiger partial charge in [-0.05, 0) is 47.4 Å². The minimum absolute atomic E-state index is 0.140. The van der Waals surface area contributed by atoms with Crippen LogP contribution in [0.25, 0.3) is 6.08 Å². The van der Waals surface area contributed by atoms with Gasteiger partial charge in [0, 0.05) is 21.7 Å². The van der Waals surface area contributed by atoms with E-state index in [2.05, 4.69) is 26.0 Å². The molecule has 0 saturated heterocycles. The first-order chi connectivity index (χ1) is 14.4. The number of rotatable bonds is 5. The van der Waals surface area contributed by atoms with Gasteiger partial charge in [-0.3, -0.25) is 4.79 Å². The first-order valence-corrected chi connectivity index (χ1v) is 10.4. The van der Waals surface area contributed by atoms with Gasteiger partial charge in [0.25, 0.3) is 0 Å². The van der Waals surface area contributed by atoms with Crippen molar-refractivity contribution in [3.63, 3.8) is 0 Å². The van der Waals surface area contributed by atoms with Gasteiger partial charge in [0.1, 0.15) is 18.1 Å². The average Bonchev–Trinajstić information content (AvgIpc) is 3.03. The van der Waals surface area contributed by atoms with Crippen LogP contribution in [0.3, 0.4) is 0 Å². The number of Topliss-reactive ketones (excluding diaryl/α,β-unsaturated/α-hetero) is 1. The van der Waals surface area contributed by atoms with Gasteiger partial charge >= 0.3 is 0 Å². The monoisotopic (exact) mass is 438 g/mol. The molecule has 30 heavy (non-hydrogen) atoms. The molecule has 0 aromatic heterocycles. The number of carbonyl (C=O) groups is 1. The second-order valence-corrected chi connectivity index (χ2v) is 8.22. The van der Waals surface area contributed by atoms with Crippen LogP contribution < -0.4 is 9.47 Å². The minimum atomic E-state index is -0.140. The molecule has 0 bridgehead atoms. The van der Waals surface area contributed by atoms with Crippen LogP contribution in [0.1, 0.15) is 46.8 Å². The van der Waals surface area contributed by atoms with E-state index in [9.17, 15) is 4.79 Å². The zero-order valence-corrected chi connectivity index (χ0v) is 18.1. The third-order valence-corrected chi connectivity index (χ3v) is 5.70. The fourth-order valence-corrected chi connectivity index (χ4v) is 3.72. The van der Waals surface area contributed by atoms with Gasteiger partial charge in [-0.1, -0.05) is 67.4 Å². The normalized spacial score (nSPS) is 14.2. The van der Waals surface area contributed by atoms with Crippen LogP contribution in [-0.4, -0.2) is 5.78 Å². The number of carbonyl (C=O) groups excluding carboxylic acids is 1. The number of halogens is 2. The Labute approximate surface area is 185 Å². The van der Waals surface area contributed by atoms with Crippen LogP contribution in [0.2, 0.25) is 10.0 Å². The predicted octanol–water partition coefficient (Wildman–Crippen LogP) is 7.31. The molecule has 1 heterocycles. The van der Waals surface area contributed by atoms with Gasteiger partial charge in [-0.15, -0.1) is 0 Å². The Morgan fingerprint density at radius 2 is 1.70 bits per heavy atom. The van der Waals surface area contributed by atoms with Gasteiger partial charge in [-0.25, -0.2) is 0 Å². The van der Waals surface area contributed by atoms with Crippen LogP contribution in [0.4, 0.5) is 0 Å². The number of allylic oxidation sites excluding steroid dienone is 1. The Hall–Kier alpha value is -2.75. The number of hydrogen-bond donors (Lipinski definition) is 0. The van der Waals surface area contributed by atoms with Crippen molar-refractivity contribution in [2.75, 3.05) is 0 Å². The SMILES string of the molecule is CC(C)c1ccc(C=C2Oc3cc(OCc4c(Cl)cccc4Cl)ccc3C2=O)cc1. The zero-order valence-electron chi connectivity index (χ0n) is 16.6. The quantitative estimate of drug-likeness (QED) is 0.391. The van der Waals surface area contributed by atoms with Crippen molar-refractivity contribution in [1.82, 2.24) is 0 Å². The Morgan fingerprint density at radius 1 is 1.00 bits per heavy atom. The summed E-state index contributed by atoms with van der Waals surface area (Å²) in [5.41, 5.74) is 3.40. The molecule has 0 spiro atoms. The van der Waals surface area contributed by atoms with E-state index in [-0.39, 0.29) is 12.4 Å². The molecule has 0 saturated carbocycles. The van der Waals surface area contributed by atoms with Crippen molar-refractivity contribution in [2.45, 2.75) is 26.4 Å². The largest absolute Gasteiger partial charge is 0.489 e. The highest BCUT2D eigenvalue weighted by atomic mass is 35.5. The van der Waals surface area contributed by atoms with Gasteiger partial charge in [-0.2, -0.15) is 0 Å². The summed E-state index contributed by atoms with van der Waals surface area (Å²) in [5, 5.41) is 1.09. The van der Waals surface area contributed by atoms with Crippen LogP contribution >= 0.6 is 23.2 Å². The Bertz CT molecular complexity index is 1110. The van der Waals surface area contributed by atoms with E-state index in [0.717, 1.165) is 5.56 Å². The van der Waals surface area contributed by atoms with E-state index in [4.69, 9.17) is 32.7 Å². The number of fused-ring (bicyclic) bond motifs is 1. The van der Waals surface area contributed by atoms with E-state index >= 15 is 0 Å². The predicted molar refractivity (Wildman–Crippen MR) is 121 cm³/mol. The van der Waals surface area contributed by atoms with Gasteiger partial charge in [0.05, 0.1) is 5.56 Å². The number of hydrogen-bond acceptors (Lipinski definition) is 3. The molecule has 1 aliphatic heterocycles. The van der Waals surface area contributed by atoms with Crippen molar-refractivity contribution in [3.05, 3.63) is 98.7 Å². The van der Waals surface area contributed by atoms with Gasteiger partial charge in [0.2, 0.25) is 5.78 Å². The third-order valence-electron chi connectivity index (χ3n) is 4.99. The molecule has 3 aromatic rings. The fraction of sp³-hybridized carbons (Fsp3) is 0.160. The van der Waals surface area contributed by atoms with E-state index in [1.165, 1.54) is 5.56 Å². The second kappa shape index (κ2) is 8.55. The molecule has 3 nitrogen and oxygen atoms in total. The first-order valence-electron chi connectivity index (χ1n) is 9.66. The molecular formula is C25H20Cl2O3. The molecule has 0 amide bonds. The van der Waals surface area contributed by atoms with E-state index in [1.807, 2.05) is 12.1 Å². The molecule has 0 aliphatic carbocycles.